The van der Waals surface area contributed by atoms with Crippen molar-refractivity contribution < 1.29 is 23.9 Å². The van der Waals surface area contributed by atoms with Crippen LogP contribution in [0.5, 0.6) is 0 Å². The Morgan fingerprint density at radius 3 is 2.31 bits per heavy atom. The van der Waals surface area contributed by atoms with Crippen molar-refractivity contribution in [2.24, 2.45) is 0 Å². The first-order chi connectivity index (χ1) is 12.5. The number of esters is 1. The number of benzene rings is 1. The van der Waals surface area contributed by atoms with Crippen LogP contribution in [0.25, 0.3) is 0 Å². The second kappa shape index (κ2) is 9.76. The molecule has 0 aromatic heterocycles. The summed E-state index contributed by atoms with van der Waals surface area (Å²) in [5, 5.41) is 2.86. The van der Waals surface area contributed by atoms with E-state index in [-0.39, 0.29) is 24.5 Å². The van der Waals surface area contributed by atoms with Crippen LogP contribution in [0.15, 0.2) is 24.3 Å². The van der Waals surface area contributed by atoms with Gasteiger partial charge in [0, 0.05) is 32.7 Å². The summed E-state index contributed by atoms with van der Waals surface area (Å²) < 4.78 is 9.62. The maximum absolute atomic E-state index is 12.1. The Morgan fingerprint density at radius 1 is 1.08 bits per heavy atom. The topological polar surface area (TPSA) is 88.2 Å². The highest BCUT2D eigenvalue weighted by molar-refractivity contribution is 5.89. The van der Waals surface area contributed by atoms with E-state index in [1.165, 1.54) is 7.11 Å². The maximum atomic E-state index is 12.1. The summed E-state index contributed by atoms with van der Waals surface area (Å²) in [4.78, 5) is 38.8. The van der Waals surface area contributed by atoms with Crippen molar-refractivity contribution in [2.45, 2.75) is 13.5 Å². The second-order valence-electron chi connectivity index (χ2n) is 5.93. The summed E-state index contributed by atoms with van der Waals surface area (Å²) in [6.07, 6.45) is -0.299. The largest absolute Gasteiger partial charge is 0.465 e. The standard InChI is InChI=1S/C18H25N3O5/c1-3-26-18(24)21-10-8-20(9-11-21)13-16(22)19-12-14-4-6-15(7-5-14)17(23)25-2/h4-7H,3,8-13H2,1-2H3,(H,19,22). The molecular weight excluding hydrogens is 338 g/mol. The Labute approximate surface area is 153 Å². The third-order valence-corrected chi connectivity index (χ3v) is 4.13. The van der Waals surface area contributed by atoms with Crippen LogP contribution in [0.2, 0.25) is 0 Å². The van der Waals surface area contributed by atoms with E-state index in [1.807, 2.05) is 4.90 Å². The molecule has 142 valence electrons. The van der Waals surface area contributed by atoms with Gasteiger partial charge in [0.25, 0.3) is 0 Å². The number of carbonyl (C=O) groups is 3. The van der Waals surface area contributed by atoms with Gasteiger partial charge in [-0.15, -0.1) is 0 Å². The fraction of sp³-hybridized carbons (Fsp3) is 0.500. The summed E-state index contributed by atoms with van der Waals surface area (Å²) in [6.45, 7) is 5.21. The SMILES string of the molecule is CCOC(=O)N1CCN(CC(=O)NCc2ccc(C(=O)OC)cc2)CC1. The molecule has 0 bridgehead atoms. The smallest absolute Gasteiger partial charge is 0.409 e. The number of amides is 2. The van der Waals surface area contributed by atoms with Gasteiger partial charge in [-0.2, -0.15) is 0 Å². The molecule has 1 aromatic carbocycles. The Morgan fingerprint density at radius 2 is 1.73 bits per heavy atom. The summed E-state index contributed by atoms with van der Waals surface area (Å²) >= 11 is 0. The molecule has 1 N–H and O–H groups in total. The number of nitrogens with zero attached hydrogens (tertiary/aromatic N) is 2. The van der Waals surface area contributed by atoms with Crippen LogP contribution in [0.3, 0.4) is 0 Å². The minimum atomic E-state index is -0.387. The summed E-state index contributed by atoms with van der Waals surface area (Å²) in [5.41, 5.74) is 1.38. The zero-order valence-electron chi connectivity index (χ0n) is 15.2. The van der Waals surface area contributed by atoms with Crippen molar-refractivity contribution in [1.29, 1.82) is 0 Å². The highest BCUT2D eigenvalue weighted by atomic mass is 16.6. The highest BCUT2D eigenvalue weighted by Crippen LogP contribution is 2.06. The Kier molecular flexibility index (Phi) is 7.40. The van der Waals surface area contributed by atoms with Gasteiger partial charge in [-0.05, 0) is 24.6 Å². The van der Waals surface area contributed by atoms with Gasteiger partial charge in [-0.25, -0.2) is 9.59 Å². The van der Waals surface area contributed by atoms with Gasteiger partial charge in [0.05, 0.1) is 25.8 Å². The lowest BCUT2D eigenvalue weighted by Gasteiger charge is -2.33. The van der Waals surface area contributed by atoms with Crippen molar-refractivity contribution in [3.8, 4) is 0 Å². The van der Waals surface area contributed by atoms with Crippen LogP contribution in [0.4, 0.5) is 4.79 Å². The molecule has 1 heterocycles. The highest BCUT2D eigenvalue weighted by Gasteiger charge is 2.22. The van der Waals surface area contributed by atoms with Gasteiger partial charge in [-0.3, -0.25) is 9.69 Å². The predicted octanol–water partition coefficient (Wildman–Crippen LogP) is 0.864. The summed E-state index contributed by atoms with van der Waals surface area (Å²) in [7, 11) is 1.34. The quantitative estimate of drug-likeness (QED) is 0.755. The second-order valence-corrected chi connectivity index (χ2v) is 5.93. The van der Waals surface area contributed by atoms with Crippen molar-refractivity contribution >= 4 is 18.0 Å². The number of hydrogen-bond donors (Lipinski definition) is 1. The monoisotopic (exact) mass is 363 g/mol. The first-order valence-electron chi connectivity index (χ1n) is 8.61. The van der Waals surface area contributed by atoms with Crippen LogP contribution in [0, 0.1) is 0 Å². The van der Waals surface area contributed by atoms with E-state index in [4.69, 9.17) is 4.74 Å². The van der Waals surface area contributed by atoms with Gasteiger partial charge in [-0.1, -0.05) is 12.1 Å². The molecule has 26 heavy (non-hydrogen) atoms. The fourth-order valence-electron chi connectivity index (χ4n) is 2.64. The summed E-state index contributed by atoms with van der Waals surface area (Å²) in [6, 6.07) is 6.90. The molecular formula is C18H25N3O5. The molecule has 0 aliphatic carbocycles. The van der Waals surface area contributed by atoms with E-state index >= 15 is 0 Å². The zero-order valence-corrected chi connectivity index (χ0v) is 15.2. The number of carbonyl (C=O) groups excluding carboxylic acids is 3. The molecule has 1 fully saturated rings. The number of piperazine rings is 1. The molecule has 1 aliphatic rings. The minimum Gasteiger partial charge on any atom is -0.465 e. The molecule has 0 atom stereocenters. The van der Waals surface area contributed by atoms with Crippen molar-refractivity contribution in [3.05, 3.63) is 35.4 Å². The molecule has 8 nitrogen and oxygen atoms in total. The molecule has 0 radical (unpaired) electrons. The summed E-state index contributed by atoms with van der Waals surface area (Å²) in [5.74, 6) is -0.464. The first-order valence-corrected chi connectivity index (χ1v) is 8.61. The van der Waals surface area contributed by atoms with Gasteiger partial charge < -0.3 is 19.7 Å². The predicted molar refractivity (Wildman–Crippen MR) is 94.7 cm³/mol. The van der Waals surface area contributed by atoms with E-state index in [1.54, 1.807) is 36.1 Å². The van der Waals surface area contributed by atoms with Crippen LogP contribution in [-0.4, -0.2) is 74.2 Å². The Hall–Kier alpha value is -2.61. The Bertz CT molecular complexity index is 624. The molecule has 0 spiro atoms. The van der Waals surface area contributed by atoms with Gasteiger partial charge in [0.15, 0.2) is 0 Å². The van der Waals surface area contributed by atoms with E-state index in [2.05, 4.69) is 10.1 Å². The molecule has 0 unspecified atom stereocenters. The average Bonchev–Trinajstić information content (AvgIpc) is 2.67. The first kappa shape index (κ1) is 19.7. The van der Waals surface area contributed by atoms with Crippen molar-refractivity contribution in [3.63, 3.8) is 0 Å². The molecule has 2 rings (SSSR count). The molecule has 1 aromatic rings. The number of hydrogen-bond acceptors (Lipinski definition) is 6. The fourth-order valence-corrected chi connectivity index (χ4v) is 2.64. The Balaban J connectivity index is 1.71. The number of rotatable bonds is 6. The lowest BCUT2D eigenvalue weighted by atomic mass is 10.1. The van der Waals surface area contributed by atoms with Crippen LogP contribution < -0.4 is 5.32 Å². The van der Waals surface area contributed by atoms with E-state index < -0.39 is 0 Å². The number of ether oxygens (including phenoxy) is 2. The number of methoxy groups -OCH3 is 1. The third-order valence-electron chi connectivity index (χ3n) is 4.13. The third kappa shape index (κ3) is 5.73. The van der Waals surface area contributed by atoms with E-state index in [9.17, 15) is 14.4 Å². The van der Waals surface area contributed by atoms with Crippen LogP contribution in [-0.2, 0) is 20.8 Å². The zero-order chi connectivity index (χ0) is 18.9. The molecule has 8 heteroatoms. The number of nitrogens with one attached hydrogen (secondary N) is 1. The normalized spacial score (nSPS) is 14.6. The molecule has 2 amide bonds. The van der Waals surface area contributed by atoms with Gasteiger partial charge in [0.1, 0.15) is 0 Å². The van der Waals surface area contributed by atoms with Crippen molar-refractivity contribution in [1.82, 2.24) is 15.1 Å². The van der Waals surface area contributed by atoms with Gasteiger partial charge >= 0.3 is 12.1 Å². The maximum Gasteiger partial charge on any atom is 0.409 e. The molecule has 0 saturated carbocycles. The minimum absolute atomic E-state index is 0.0772. The van der Waals surface area contributed by atoms with E-state index in [0.29, 0.717) is 44.9 Å². The van der Waals surface area contributed by atoms with Crippen LogP contribution in [0.1, 0.15) is 22.8 Å². The van der Waals surface area contributed by atoms with Crippen molar-refractivity contribution in [2.75, 3.05) is 46.4 Å². The van der Waals surface area contributed by atoms with E-state index in [0.717, 1.165) is 5.56 Å². The van der Waals surface area contributed by atoms with Crippen LogP contribution >= 0.6 is 0 Å². The molecule has 1 aliphatic heterocycles. The lowest BCUT2D eigenvalue weighted by Crippen LogP contribution is -2.51. The average molecular weight is 363 g/mol. The van der Waals surface area contributed by atoms with Gasteiger partial charge in [0.2, 0.25) is 5.91 Å². The lowest BCUT2D eigenvalue weighted by molar-refractivity contribution is -0.122. The molecule has 1 saturated heterocycles.